The van der Waals surface area contributed by atoms with Crippen LogP contribution in [0.2, 0.25) is 0 Å². The van der Waals surface area contributed by atoms with Crippen molar-refractivity contribution < 1.29 is 38.0 Å². The molecule has 0 aromatic heterocycles. The van der Waals surface area contributed by atoms with E-state index in [-0.39, 0.29) is 13.2 Å². The Morgan fingerprint density at radius 2 is 1.38 bits per heavy atom. The fourth-order valence-electron chi connectivity index (χ4n) is 4.11. The third-order valence-corrected chi connectivity index (χ3v) is 5.57. The molecular formula is C25H31NO8. The van der Waals surface area contributed by atoms with E-state index in [0.717, 1.165) is 0 Å². The lowest BCUT2D eigenvalue weighted by Gasteiger charge is -2.41. The lowest BCUT2D eigenvalue weighted by Crippen LogP contribution is -2.52. The van der Waals surface area contributed by atoms with E-state index in [0.29, 0.717) is 45.4 Å². The van der Waals surface area contributed by atoms with Gasteiger partial charge in [0.2, 0.25) is 11.8 Å². The van der Waals surface area contributed by atoms with Crippen molar-refractivity contribution in [3.05, 3.63) is 47.0 Å². The van der Waals surface area contributed by atoms with Crippen molar-refractivity contribution in [3.8, 4) is 23.0 Å². The Morgan fingerprint density at radius 1 is 0.824 bits per heavy atom. The van der Waals surface area contributed by atoms with Crippen LogP contribution in [-0.4, -0.2) is 66.5 Å². The van der Waals surface area contributed by atoms with E-state index in [1.807, 2.05) is 19.9 Å². The molecule has 0 N–H and O–H groups in total. The minimum atomic E-state index is -1.52. The first-order valence-electron chi connectivity index (χ1n) is 10.9. The van der Waals surface area contributed by atoms with E-state index < -0.39 is 17.8 Å². The minimum absolute atomic E-state index is 0.266. The molecular weight excluding hydrogens is 442 g/mol. The van der Waals surface area contributed by atoms with Crippen molar-refractivity contribution >= 4 is 11.7 Å². The summed E-state index contributed by atoms with van der Waals surface area (Å²) < 4.78 is 39.4. The number of hydrogen-bond donors (Lipinski definition) is 0. The molecule has 184 valence electrons. The van der Waals surface area contributed by atoms with Gasteiger partial charge in [0.15, 0.2) is 23.0 Å². The molecule has 0 aliphatic carbocycles. The fourth-order valence-corrected chi connectivity index (χ4v) is 4.11. The van der Waals surface area contributed by atoms with Gasteiger partial charge in [-0.1, -0.05) is 0 Å². The van der Waals surface area contributed by atoms with Gasteiger partial charge in [-0.3, -0.25) is 4.99 Å². The second kappa shape index (κ2) is 10.8. The molecule has 0 saturated carbocycles. The topological polar surface area (TPSA) is 94.0 Å². The van der Waals surface area contributed by atoms with E-state index in [9.17, 15) is 4.79 Å². The summed E-state index contributed by atoms with van der Waals surface area (Å²) in [5, 5.41) is 0. The van der Waals surface area contributed by atoms with E-state index in [1.165, 1.54) is 14.2 Å². The van der Waals surface area contributed by atoms with Crippen molar-refractivity contribution in [3.63, 3.8) is 0 Å². The second-order valence-corrected chi connectivity index (χ2v) is 7.26. The summed E-state index contributed by atoms with van der Waals surface area (Å²) in [6, 6.07) is 7.82. The van der Waals surface area contributed by atoms with Crippen LogP contribution in [-0.2, 0) is 24.8 Å². The molecule has 0 radical (unpaired) electrons. The normalized spacial score (nSPS) is 16.2. The molecule has 1 heterocycles. The fraction of sp³-hybridized carbons (Fsp3) is 0.440. The Bertz CT molecular complexity index is 1060. The monoisotopic (exact) mass is 473 g/mol. The average Bonchev–Trinajstić information content (AvgIpc) is 2.87. The van der Waals surface area contributed by atoms with E-state index in [2.05, 4.69) is 0 Å². The molecule has 9 heteroatoms. The number of hydrogen-bond acceptors (Lipinski definition) is 9. The van der Waals surface area contributed by atoms with Crippen molar-refractivity contribution in [2.75, 3.05) is 48.8 Å². The first-order chi connectivity index (χ1) is 16.4. The molecule has 3 rings (SSSR count). The molecule has 1 aliphatic rings. The maximum Gasteiger partial charge on any atom is 0.336 e. The summed E-state index contributed by atoms with van der Waals surface area (Å²) in [5.41, 5.74) is 2.44. The van der Waals surface area contributed by atoms with E-state index in [4.69, 9.17) is 38.2 Å². The first kappa shape index (κ1) is 25.3. The van der Waals surface area contributed by atoms with Crippen LogP contribution < -0.4 is 18.9 Å². The average molecular weight is 474 g/mol. The predicted molar refractivity (Wildman–Crippen MR) is 125 cm³/mol. The van der Waals surface area contributed by atoms with Gasteiger partial charge in [0.05, 0.1) is 41.3 Å². The molecule has 2 aromatic rings. The number of carbonyl (C=O) groups excluding carboxylic acids is 1. The molecule has 1 aliphatic heterocycles. The molecule has 9 nitrogen and oxygen atoms in total. The highest BCUT2D eigenvalue weighted by Gasteiger charge is 2.52. The van der Waals surface area contributed by atoms with Crippen LogP contribution in [0.15, 0.2) is 35.3 Å². The van der Waals surface area contributed by atoms with Crippen LogP contribution in [0.1, 0.15) is 30.5 Å². The molecule has 0 saturated heterocycles. The van der Waals surface area contributed by atoms with Gasteiger partial charge in [-0.25, -0.2) is 4.79 Å². The van der Waals surface area contributed by atoms with Gasteiger partial charge in [-0.2, -0.15) is 0 Å². The van der Waals surface area contributed by atoms with Crippen LogP contribution in [0.25, 0.3) is 0 Å². The third-order valence-electron chi connectivity index (χ3n) is 5.57. The molecule has 1 atom stereocenters. The first-order valence-corrected chi connectivity index (χ1v) is 10.9. The standard InChI is InChI=1S/C25H31NO8/c1-8-33-25(34-9-2)17-14-21(31-6)20(30-5)13-16(17)22(26-23(25)24(27)32-7)15-10-11-18(28-3)19(12-15)29-4/h10-14,23H,8-9H2,1-7H3. The van der Waals surface area contributed by atoms with Gasteiger partial charge in [0, 0.05) is 29.9 Å². The number of fused-ring (bicyclic) bond motifs is 1. The molecule has 0 spiro atoms. The molecule has 0 amide bonds. The molecule has 1 unspecified atom stereocenters. The summed E-state index contributed by atoms with van der Waals surface area (Å²) in [6.45, 7) is 4.18. The minimum Gasteiger partial charge on any atom is -0.493 e. The van der Waals surface area contributed by atoms with E-state index >= 15 is 0 Å². The number of rotatable bonds is 10. The van der Waals surface area contributed by atoms with Crippen LogP contribution in [0.3, 0.4) is 0 Å². The maximum absolute atomic E-state index is 13.0. The highest BCUT2D eigenvalue weighted by molar-refractivity contribution is 6.16. The summed E-state index contributed by atoms with van der Waals surface area (Å²) in [5.74, 6) is -0.0789. The van der Waals surface area contributed by atoms with Crippen molar-refractivity contribution in [2.24, 2.45) is 4.99 Å². The zero-order valence-electron chi connectivity index (χ0n) is 20.6. The second-order valence-electron chi connectivity index (χ2n) is 7.26. The number of aliphatic imine (C=N–C) groups is 1. The van der Waals surface area contributed by atoms with Gasteiger partial charge in [0.1, 0.15) is 0 Å². The summed E-state index contributed by atoms with van der Waals surface area (Å²) >= 11 is 0. The van der Waals surface area contributed by atoms with Crippen LogP contribution in [0.5, 0.6) is 23.0 Å². The Labute approximate surface area is 199 Å². The third kappa shape index (κ3) is 4.28. The van der Waals surface area contributed by atoms with Crippen LogP contribution >= 0.6 is 0 Å². The zero-order valence-corrected chi connectivity index (χ0v) is 20.6. The number of carbonyl (C=O) groups is 1. The quantitative estimate of drug-likeness (QED) is 0.383. The maximum atomic E-state index is 13.0. The summed E-state index contributed by atoms with van der Waals surface area (Å²) in [6.07, 6.45) is 0. The van der Waals surface area contributed by atoms with Crippen molar-refractivity contribution in [1.82, 2.24) is 0 Å². The summed E-state index contributed by atoms with van der Waals surface area (Å²) in [4.78, 5) is 17.8. The Morgan fingerprint density at radius 3 is 1.91 bits per heavy atom. The number of benzene rings is 2. The smallest absolute Gasteiger partial charge is 0.336 e. The van der Waals surface area contributed by atoms with Gasteiger partial charge < -0.3 is 33.2 Å². The lowest BCUT2D eigenvalue weighted by atomic mass is 9.84. The highest BCUT2D eigenvalue weighted by atomic mass is 16.7. The van der Waals surface area contributed by atoms with Gasteiger partial charge >= 0.3 is 5.97 Å². The summed E-state index contributed by atoms with van der Waals surface area (Å²) in [7, 11) is 7.51. The lowest BCUT2D eigenvalue weighted by molar-refractivity contribution is -0.256. The SMILES string of the molecule is CCOC1(OCC)c2cc(OC)c(OC)cc2C(c2ccc(OC)c(OC)c2)=NC1C(=O)OC. The van der Waals surface area contributed by atoms with Crippen molar-refractivity contribution in [1.29, 1.82) is 0 Å². The van der Waals surface area contributed by atoms with Gasteiger partial charge in [-0.15, -0.1) is 0 Å². The van der Waals surface area contributed by atoms with Crippen LogP contribution in [0.4, 0.5) is 0 Å². The largest absolute Gasteiger partial charge is 0.493 e. The van der Waals surface area contributed by atoms with Gasteiger partial charge in [-0.05, 0) is 44.2 Å². The Hall–Kier alpha value is -3.30. The van der Waals surface area contributed by atoms with Gasteiger partial charge in [0.25, 0.3) is 0 Å². The number of esters is 1. The number of nitrogens with zero attached hydrogens (tertiary/aromatic N) is 1. The van der Waals surface area contributed by atoms with E-state index in [1.54, 1.807) is 45.6 Å². The molecule has 2 aromatic carbocycles. The zero-order chi connectivity index (χ0) is 24.9. The molecule has 34 heavy (non-hydrogen) atoms. The van der Waals surface area contributed by atoms with Crippen LogP contribution in [0, 0.1) is 0 Å². The molecule has 0 fully saturated rings. The molecule has 0 bridgehead atoms. The predicted octanol–water partition coefficient (Wildman–Crippen LogP) is 3.34. The number of methoxy groups -OCH3 is 5. The Kier molecular flexibility index (Phi) is 8.01. The van der Waals surface area contributed by atoms with Crippen molar-refractivity contribution in [2.45, 2.75) is 25.7 Å². The number of ether oxygens (including phenoxy) is 7. The Balaban J connectivity index is 2.40. The highest BCUT2D eigenvalue weighted by Crippen LogP contribution is 2.45.